The van der Waals surface area contributed by atoms with Gasteiger partial charge in [-0.1, -0.05) is 103 Å². The van der Waals surface area contributed by atoms with Gasteiger partial charge in [-0.25, -0.2) is 0 Å². The number of carbonyl (C=O) groups excluding carboxylic acids is 1. The molecule has 0 bridgehead atoms. The highest BCUT2D eigenvalue weighted by Crippen LogP contribution is 2.36. The number of benzene rings is 4. The summed E-state index contributed by atoms with van der Waals surface area (Å²) in [5.74, 6) is 0.550. The van der Waals surface area contributed by atoms with Gasteiger partial charge in [-0.2, -0.15) is 13.2 Å². The molecule has 212 valence electrons. The maximum Gasteiger partial charge on any atom is 0.416 e. The summed E-state index contributed by atoms with van der Waals surface area (Å²) in [6, 6.07) is 36.5. The first kappa shape index (κ1) is 27.5. The Bertz CT molecular complexity index is 1590. The van der Waals surface area contributed by atoms with E-state index in [9.17, 15) is 18.0 Å². The Balaban J connectivity index is 1.27. The maximum absolute atomic E-state index is 13.9. The van der Waals surface area contributed by atoms with E-state index < -0.39 is 11.7 Å². The van der Waals surface area contributed by atoms with Crippen LogP contribution >= 0.6 is 0 Å². The predicted octanol–water partition coefficient (Wildman–Crippen LogP) is 8.18. The van der Waals surface area contributed by atoms with Crippen LogP contribution in [0.2, 0.25) is 0 Å². The molecule has 0 unspecified atom stereocenters. The predicted molar refractivity (Wildman–Crippen MR) is 157 cm³/mol. The Morgan fingerprint density at radius 2 is 1.19 bits per heavy atom. The van der Waals surface area contributed by atoms with E-state index in [0.717, 1.165) is 17.7 Å². The first-order chi connectivity index (χ1) is 20.4. The topological polar surface area (TPSA) is 36.7 Å². The lowest BCUT2D eigenvalue weighted by molar-refractivity contribution is -0.137. The molecule has 7 heteroatoms. The third-order valence-corrected chi connectivity index (χ3v) is 7.69. The number of furan rings is 1. The van der Waals surface area contributed by atoms with Crippen LogP contribution in [-0.2, 0) is 6.18 Å². The summed E-state index contributed by atoms with van der Waals surface area (Å²) in [5, 5.41) is 0. The summed E-state index contributed by atoms with van der Waals surface area (Å²) < 4.78 is 45.8. The summed E-state index contributed by atoms with van der Waals surface area (Å²) in [6.07, 6.45) is -4.45. The minimum atomic E-state index is -4.45. The van der Waals surface area contributed by atoms with Crippen LogP contribution in [0.15, 0.2) is 126 Å². The van der Waals surface area contributed by atoms with E-state index >= 15 is 0 Å². The molecule has 1 fully saturated rings. The summed E-state index contributed by atoms with van der Waals surface area (Å²) >= 11 is 0. The number of hydrogen-bond donors (Lipinski definition) is 0. The van der Waals surface area contributed by atoms with Crippen LogP contribution in [0.4, 0.5) is 13.2 Å². The molecular weight excluding hydrogens is 537 g/mol. The average Bonchev–Trinajstić information content (AvgIpc) is 3.48. The number of hydrogen-bond acceptors (Lipinski definition) is 3. The normalized spacial score (nSPS) is 14.3. The molecule has 0 aliphatic carbocycles. The molecule has 1 aromatic heterocycles. The number of rotatable bonds is 6. The molecule has 1 amide bonds. The zero-order valence-corrected chi connectivity index (χ0v) is 22.8. The van der Waals surface area contributed by atoms with Gasteiger partial charge in [0.05, 0.1) is 17.2 Å². The van der Waals surface area contributed by atoms with E-state index in [-0.39, 0.29) is 17.7 Å². The largest absolute Gasteiger partial charge is 0.455 e. The fraction of sp³-hybridized carbons (Fsp3) is 0.171. The fourth-order valence-corrected chi connectivity index (χ4v) is 5.56. The highest BCUT2D eigenvalue weighted by molar-refractivity contribution is 6.01. The van der Waals surface area contributed by atoms with Crippen LogP contribution in [0, 0.1) is 0 Å². The Labute approximate surface area is 242 Å². The standard InChI is InChI=1S/C35H29F3N2O2/c36-35(37,38)29-18-16-28(17-19-29)33-30(24-31(42-33)25-10-4-1-5-11-25)34(41)40-22-20-39(21-23-40)32(26-12-6-2-7-13-26)27-14-8-3-9-15-27/h1-19,24,32H,20-23H2. The van der Waals surface area contributed by atoms with Gasteiger partial charge in [0.2, 0.25) is 0 Å². The van der Waals surface area contributed by atoms with E-state index in [1.807, 2.05) is 66.7 Å². The summed E-state index contributed by atoms with van der Waals surface area (Å²) in [7, 11) is 0. The van der Waals surface area contributed by atoms with Gasteiger partial charge in [0.1, 0.15) is 11.5 Å². The zero-order chi connectivity index (χ0) is 29.1. The van der Waals surface area contributed by atoms with Crippen molar-refractivity contribution in [1.82, 2.24) is 9.80 Å². The van der Waals surface area contributed by atoms with Gasteiger partial charge in [0.25, 0.3) is 5.91 Å². The van der Waals surface area contributed by atoms with E-state index in [2.05, 4.69) is 29.2 Å². The molecule has 1 saturated heterocycles. The second kappa shape index (κ2) is 11.7. The van der Waals surface area contributed by atoms with Crippen molar-refractivity contribution >= 4 is 5.91 Å². The van der Waals surface area contributed by atoms with Crippen molar-refractivity contribution in [3.8, 4) is 22.6 Å². The molecule has 0 radical (unpaired) electrons. The first-order valence-corrected chi connectivity index (χ1v) is 13.9. The lowest BCUT2D eigenvalue weighted by Gasteiger charge is -2.39. The van der Waals surface area contributed by atoms with E-state index in [0.29, 0.717) is 43.1 Å². The molecule has 5 aromatic rings. The van der Waals surface area contributed by atoms with Gasteiger partial charge < -0.3 is 9.32 Å². The number of nitrogens with zero attached hydrogens (tertiary/aromatic N) is 2. The van der Waals surface area contributed by atoms with Gasteiger partial charge in [0.15, 0.2) is 0 Å². The van der Waals surface area contributed by atoms with E-state index in [1.54, 1.807) is 11.0 Å². The van der Waals surface area contributed by atoms with Crippen LogP contribution in [0.25, 0.3) is 22.6 Å². The third kappa shape index (κ3) is 5.74. The number of carbonyl (C=O) groups is 1. The average molecular weight is 567 g/mol. The lowest BCUT2D eigenvalue weighted by atomic mass is 9.96. The summed E-state index contributed by atoms with van der Waals surface area (Å²) in [4.78, 5) is 18.1. The van der Waals surface area contributed by atoms with Crippen LogP contribution in [0.5, 0.6) is 0 Å². The van der Waals surface area contributed by atoms with Crippen LogP contribution in [-0.4, -0.2) is 41.9 Å². The summed E-state index contributed by atoms with van der Waals surface area (Å²) in [6.45, 7) is 2.35. The molecule has 0 spiro atoms. The van der Waals surface area contributed by atoms with Crippen LogP contribution < -0.4 is 0 Å². The van der Waals surface area contributed by atoms with Crippen molar-refractivity contribution in [2.45, 2.75) is 12.2 Å². The van der Waals surface area contributed by atoms with Crippen LogP contribution in [0.3, 0.4) is 0 Å². The van der Waals surface area contributed by atoms with Crippen molar-refractivity contribution in [2.24, 2.45) is 0 Å². The molecule has 1 aliphatic rings. The minimum Gasteiger partial charge on any atom is -0.455 e. The lowest BCUT2D eigenvalue weighted by Crippen LogP contribution is -2.49. The van der Waals surface area contributed by atoms with Crippen molar-refractivity contribution in [3.05, 3.63) is 144 Å². The molecule has 2 heterocycles. The Morgan fingerprint density at radius 3 is 1.71 bits per heavy atom. The van der Waals surface area contributed by atoms with Crippen molar-refractivity contribution in [1.29, 1.82) is 0 Å². The van der Waals surface area contributed by atoms with E-state index in [4.69, 9.17) is 4.42 Å². The monoisotopic (exact) mass is 566 g/mol. The fourth-order valence-electron chi connectivity index (χ4n) is 5.56. The highest BCUT2D eigenvalue weighted by atomic mass is 19.4. The molecular formula is C35H29F3N2O2. The molecule has 4 nitrogen and oxygen atoms in total. The molecule has 0 atom stereocenters. The molecule has 42 heavy (non-hydrogen) atoms. The Hall–Kier alpha value is -4.62. The van der Waals surface area contributed by atoms with Crippen molar-refractivity contribution in [2.75, 3.05) is 26.2 Å². The van der Waals surface area contributed by atoms with Gasteiger partial charge in [0, 0.05) is 37.3 Å². The molecule has 6 rings (SSSR count). The second-order valence-corrected chi connectivity index (χ2v) is 10.3. The molecule has 4 aromatic carbocycles. The van der Waals surface area contributed by atoms with E-state index in [1.165, 1.54) is 23.3 Å². The van der Waals surface area contributed by atoms with Gasteiger partial charge in [-0.3, -0.25) is 9.69 Å². The Kier molecular flexibility index (Phi) is 7.68. The minimum absolute atomic E-state index is 0.0611. The summed E-state index contributed by atoms with van der Waals surface area (Å²) in [5.41, 5.74) is 3.16. The molecule has 0 saturated carbocycles. The van der Waals surface area contributed by atoms with Gasteiger partial charge in [-0.05, 0) is 29.3 Å². The van der Waals surface area contributed by atoms with Gasteiger partial charge >= 0.3 is 6.18 Å². The quantitative estimate of drug-likeness (QED) is 0.208. The highest BCUT2D eigenvalue weighted by Gasteiger charge is 2.32. The number of piperazine rings is 1. The van der Waals surface area contributed by atoms with Gasteiger partial charge in [-0.15, -0.1) is 0 Å². The smallest absolute Gasteiger partial charge is 0.416 e. The van der Waals surface area contributed by atoms with Crippen molar-refractivity contribution < 1.29 is 22.4 Å². The van der Waals surface area contributed by atoms with Crippen LogP contribution in [0.1, 0.15) is 33.1 Å². The maximum atomic E-state index is 13.9. The number of halogens is 3. The molecule has 0 N–H and O–H groups in total. The molecule has 1 aliphatic heterocycles. The number of amides is 1. The third-order valence-electron chi connectivity index (χ3n) is 7.69. The first-order valence-electron chi connectivity index (χ1n) is 13.9. The second-order valence-electron chi connectivity index (χ2n) is 10.3. The SMILES string of the molecule is O=C(c1cc(-c2ccccc2)oc1-c1ccc(C(F)(F)F)cc1)N1CCN(C(c2ccccc2)c2ccccc2)CC1. The van der Waals surface area contributed by atoms with Crippen molar-refractivity contribution in [3.63, 3.8) is 0 Å². The Morgan fingerprint density at radius 1 is 0.667 bits per heavy atom. The zero-order valence-electron chi connectivity index (χ0n) is 22.8. The number of alkyl halides is 3.